The molecule has 1 unspecified atom stereocenters. The van der Waals surface area contributed by atoms with Gasteiger partial charge in [-0.25, -0.2) is 0 Å². The predicted molar refractivity (Wildman–Crippen MR) is 173 cm³/mol. The molecule has 0 amide bonds. The Morgan fingerprint density at radius 2 is 1.20 bits per heavy atom. The summed E-state index contributed by atoms with van der Waals surface area (Å²) < 4.78 is 80.3. The standard InChI is InChI=1S/C38H34F6Si/c1-5-23-21-27-9-7-11-31(25-13-17-29(18-14-25)37(39,40)41)33(27)35(23)45(3,4)36-24(6-2)22-28-10-8-12-32(34(28)36)26-15-19-30(20-16-26)38(42,43)44/h7-21,35H,5-6,22H2,1-4H3. The van der Waals surface area contributed by atoms with E-state index in [9.17, 15) is 26.3 Å². The second-order valence-electron chi connectivity index (χ2n) is 12.5. The van der Waals surface area contributed by atoms with Gasteiger partial charge in [0.25, 0.3) is 0 Å². The zero-order chi connectivity index (χ0) is 32.3. The molecule has 2 aliphatic rings. The Labute approximate surface area is 261 Å². The minimum atomic E-state index is -4.41. The molecule has 0 aliphatic heterocycles. The first kappa shape index (κ1) is 31.2. The lowest BCUT2D eigenvalue weighted by Crippen LogP contribution is -2.38. The van der Waals surface area contributed by atoms with Gasteiger partial charge in [-0.1, -0.05) is 110 Å². The largest absolute Gasteiger partial charge is 0.416 e. The Morgan fingerprint density at radius 1 is 0.667 bits per heavy atom. The van der Waals surface area contributed by atoms with Gasteiger partial charge in [-0.05, 0) is 88.0 Å². The fourth-order valence-electron chi connectivity index (χ4n) is 7.56. The lowest BCUT2D eigenvalue weighted by molar-refractivity contribution is -0.138. The Kier molecular flexibility index (Phi) is 7.75. The van der Waals surface area contributed by atoms with Crippen molar-refractivity contribution in [3.8, 4) is 22.3 Å². The highest BCUT2D eigenvalue weighted by Crippen LogP contribution is 2.55. The van der Waals surface area contributed by atoms with Crippen molar-refractivity contribution in [1.82, 2.24) is 0 Å². The summed E-state index contributed by atoms with van der Waals surface area (Å²) in [5.41, 5.74) is 9.39. The molecule has 45 heavy (non-hydrogen) atoms. The van der Waals surface area contributed by atoms with E-state index in [-0.39, 0.29) is 5.54 Å². The Bertz CT molecular complexity index is 1820. The molecule has 4 aromatic carbocycles. The van der Waals surface area contributed by atoms with E-state index >= 15 is 0 Å². The van der Waals surface area contributed by atoms with Crippen LogP contribution in [-0.4, -0.2) is 8.07 Å². The highest BCUT2D eigenvalue weighted by molar-refractivity contribution is 6.96. The molecule has 6 rings (SSSR count). The van der Waals surface area contributed by atoms with Crippen molar-refractivity contribution in [2.24, 2.45) is 0 Å². The molecule has 0 saturated heterocycles. The molecule has 0 fully saturated rings. The molecule has 2 aliphatic carbocycles. The Balaban J connectivity index is 1.51. The van der Waals surface area contributed by atoms with Crippen molar-refractivity contribution in [3.05, 3.63) is 129 Å². The van der Waals surface area contributed by atoms with E-state index in [1.54, 1.807) is 24.3 Å². The molecular formula is C38H34F6Si. The van der Waals surface area contributed by atoms with Crippen molar-refractivity contribution in [2.75, 3.05) is 0 Å². The first-order valence-corrected chi connectivity index (χ1v) is 18.4. The van der Waals surface area contributed by atoms with Gasteiger partial charge >= 0.3 is 12.4 Å². The molecular weight excluding hydrogens is 598 g/mol. The van der Waals surface area contributed by atoms with E-state index in [1.165, 1.54) is 21.9 Å². The zero-order valence-corrected chi connectivity index (χ0v) is 26.6. The fraction of sp³-hybridized carbons (Fsp3) is 0.263. The third kappa shape index (κ3) is 5.39. The third-order valence-electron chi connectivity index (χ3n) is 9.55. The summed E-state index contributed by atoms with van der Waals surface area (Å²) in [6.07, 6.45) is -4.06. The van der Waals surface area contributed by atoms with Gasteiger partial charge in [-0.2, -0.15) is 26.3 Å². The maximum atomic E-state index is 13.4. The normalized spacial score (nSPS) is 16.6. The van der Waals surface area contributed by atoms with Crippen LogP contribution < -0.4 is 0 Å². The summed E-state index contributed by atoms with van der Waals surface area (Å²) in [5.74, 6) is 0. The number of benzene rings is 4. The van der Waals surface area contributed by atoms with Crippen LogP contribution in [0.4, 0.5) is 26.3 Å². The SMILES string of the molecule is CCC1=Cc2cccc(-c3ccc(C(F)(F)F)cc3)c2C1[Si](C)(C)C1=C(CC)Cc2cccc(-c3ccc(C(F)(F)F)cc3)c21. The number of fused-ring (bicyclic) bond motifs is 2. The van der Waals surface area contributed by atoms with Gasteiger partial charge in [0.2, 0.25) is 0 Å². The van der Waals surface area contributed by atoms with Gasteiger partial charge in [0.1, 0.15) is 0 Å². The van der Waals surface area contributed by atoms with Crippen LogP contribution in [-0.2, 0) is 18.8 Å². The average molecular weight is 633 g/mol. The minimum absolute atomic E-state index is 0.0826. The lowest BCUT2D eigenvalue weighted by atomic mass is 9.94. The predicted octanol–water partition coefficient (Wildman–Crippen LogP) is 12.2. The molecule has 0 heterocycles. The number of alkyl halides is 6. The number of rotatable bonds is 6. The van der Waals surface area contributed by atoms with E-state index in [4.69, 9.17) is 0 Å². The smallest absolute Gasteiger partial charge is 0.166 e. The summed E-state index contributed by atoms with van der Waals surface area (Å²) >= 11 is 0. The lowest BCUT2D eigenvalue weighted by Gasteiger charge is -2.37. The average Bonchev–Trinajstić information content (AvgIpc) is 3.60. The van der Waals surface area contributed by atoms with Crippen LogP contribution in [0.3, 0.4) is 0 Å². The molecule has 0 nitrogen and oxygen atoms in total. The van der Waals surface area contributed by atoms with Gasteiger partial charge < -0.3 is 0 Å². The fourth-order valence-corrected chi connectivity index (χ4v) is 12.2. The molecule has 1 atom stereocenters. The number of hydrogen-bond donors (Lipinski definition) is 0. The third-order valence-corrected chi connectivity index (χ3v) is 13.5. The van der Waals surface area contributed by atoms with Crippen LogP contribution in [0.5, 0.6) is 0 Å². The van der Waals surface area contributed by atoms with Crippen LogP contribution in [0.2, 0.25) is 13.1 Å². The van der Waals surface area contributed by atoms with Gasteiger partial charge in [-0.15, -0.1) is 0 Å². The molecule has 0 N–H and O–H groups in total. The van der Waals surface area contributed by atoms with Crippen LogP contribution in [0.25, 0.3) is 33.5 Å². The summed E-state index contributed by atoms with van der Waals surface area (Å²) in [5, 5.41) is 1.34. The minimum Gasteiger partial charge on any atom is -0.166 e. The Morgan fingerprint density at radius 3 is 1.73 bits per heavy atom. The van der Waals surface area contributed by atoms with E-state index in [1.807, 2.05) is 24.3 Å². The number of allylic oxidation sites excluding steroid dienone is 2. The molecule has 0 aromatic heterocycles. The van der Waals surface area contributed by atoms with Crippen LogP contribution in [0.15, 0.2) is 96.1 Å². The Hall–Kier alpha value is -3.84. The van der Waals surface area contributed by atoms with Crippen LogP contribution in [0.1, 0.15) is 65.6 Å². The van der Waals surface area contributed by atoms with Crippen molar-refractivity contribution in [2.45, 2.75) is 64.1 Å². The van der Waals surface area contributed by atoms with E-state index in [2.05, 4.69) is 45.2 Å². The maximum absolute atomic E-state index is 13.4. The summed E-state index contributed by atoms with van der Waals surface area (Å²) in [6.45, 7) is 9.07. The number of hydrogen-bond acceptors (Lipinski definition) is 0. The molecule has 0 radical (unpaired) electrons. The topological polar surface area (TPSA) is 0 Å². The molecule has 0 bridgehead atoms. The first-order valence-electron chi connectivity index (χ1n) is 15.3. The van der Waals surface area contributed by atoms with Crippen LogP contribution in [0, 0.1) is 0 Å². The summed E-state index contributed by atoms with van der Waals surface area (Å²) in [6, 6.07) is 23.1. The molecule has 0 saturated carbocycles. The van der Waals surface area contributed by atoms with Crippen molar-refractivity contribution in [1.29, 1.82) is 0 Å². The maximum Gasteiger partial charge on any atom is 0.416 e. The second kappa shape index (κ2) is 11.2. The molecule has 7 heteroatoms. The molecule has 0 spiro atoms. The van der Waals surface area contributed by atoms with Gasteiger partial charge in [0.05, 0.1) is 19.2 Å². The molecule has 232 valence electrons. The van der Waals surface area contributed by atoms with Gasteiger partial charge in [0.15, 0.2) is 0 Å². The quantitative estimate of drug-likeness (QED) is 0.147. The number of halogens is 6. The van der Waals surface area contributed by atoms with E-state index in [0.29, 0.717) is 0 Å². The van der Waals surface area contributed by atoms with Gasteiger partial charge in [-0.3, -0.25) is 0 Å². The van der Waals surface area contributed by atoms with Crippen LogP contribution >= 0.6 is 0 Å². The van der Waals surface area contributed by atoms with Crippen molar-refractivity contribution < 1.29 is 26.3 Å². The zero-order valence-electron chi connectivity index (χ0n) is 25.6. The van der Waals surface area contributed by atoms with Crippen molar-refractivity contribution >= 4 is 19.3 Å². The summed E-state index contributed by atoms with van der Waals surface area (Å²) in [4.78, 5) is 0. The van der Waals surface area contributed by atoms with E-state index < -0.39 is 31.6 Å². The molecule has 4 aromatic rings. The van der Waals surface area contributed by atoms with Crippen molar-refractivity contribution in [3.63, 3.8) is 0 Å². The van der Waals surface area contributed by atoms with Gasteiger partial charge in [0, 0.05) is 5.54 Å². The monoisotopic (exact) mass is 632 g/mol. The highest BCUT2D eigenvalue weighted by Gasteiger charge is 2.46. The first-order chi connectivity index (χ1) is 21.3. The highest BCUT2D eigenvalue weighted by atomic mass is 28.3. The van der Waals surface area contributed by atoms with E-state index in [0.717, 1.165) is 82.5 Å². The summed E-state index contributed by atoms with van der Waals surface area (Å²) in [7, 11) is -2.47. The second-order valence-corrected chi connectivity index (χ2v) is 17.1.